The van der Waals surface area contributed by atoms with Gasteiger partial charge in [0.15, 0.2) is 0 Å². The molecule has 1 unspecified atom stereocenters. The van der Waals surface area contributed by atoms with Crippen LogP contribution in [-0.4, -0.2) is 17.0 Å². The molecular weight excluding hydrogens is 242 g/mol. The lowest BCUT2D eigenvalue weighted by atomic mass is 9.68. The molecule has 0 aromatic heterocycles. The largest absolute Gasteiger partial charge is 0.480 e. The van der Waals surface area contributed by atoms with Gasteiger partial charge in [-0.25, -0.2) is 0 Å². The molecule has 0 radical (unpaired) electrons. The first-order chi connectivity index (χ1) is 8.97. The van der Waals surface area contributed by atoms with Crippen molar-refractivity contribution in [2.45, 2.75) is 39.2 Å². The Hall–Kier alpha value is -1.84. The second kappa shape index (κ2) is 5.03. The van der Waals surface area contributed by atoms with Gasteiger partial charge in [-0.2, -0.15) is 0 Å². The maximum Gasteiger partial charge on any atom is 0.319 e. The fourth-order valence-corrected chi connectivity index (χ4v) is 2.55. The second-order valence-electron chi connectivity index (χ2n) is 5.29. The summed E-state index contributed by atoms with van der Waals surface area (Å²) in [6.45, 7) is 3.86. The summed E-state index contributed by atoms with van der Waals surface area (Å²) in [5.41, 5.74) is 0.917. The number of amides is 1. The minimum atomic E-state index is -1.20. The highest BCUT2D eigenvalue weighted by atomic mass is 16.4. The molecule has 1 fully saturated rings. The Morgan fingerprint density at radius 1 is 1.32 bits per heavy atom. The van der Waals surface area contributed by atoms with Gasteiger partial charge in [0.05, 0.1) is 6.04 Å². The van der Waals surface area contributed by atoms with Crippen LogP contribution < -0.4 is 5.32 Å². The van der Waals surface area contributed by atoms with E-state index in [0.29, 0.717) is 12.8 Å². The summed E-state index contributed by atoms with van der Waals surface area (Å²) in [5, 5.41) is 12.1. The smallest absolute Gasteiger partial charge is 0.319 e. The molecule has 2 rings (SSSR count). The van der Waals surface area contributed by atoms with Crippen molar-refractivity contribution in [3.05, 3.63) is 35.4 Å². The van der Waals surface area contributed by atoms with Crippen LogP contribution in [-0.2, 0) is 9.59 Å². The van der Waals surface area contributed by atoms with Crippen molar-refractivity contribution < 1.29 is 14.7 Å². The minimum Gasteiger partial charge on any atom is -0.480 e. The molecule has 19 heavy (non-hydrogen) atoms. The standard InChI is InChI=1S/C15H19NO3/c1-10-6-3-4-7-12(10)11(2)16-13(17)15(14(18)19)8-5-9-15/h3-4,6-7,11H,5,8-9H2,1-2H3,(H,16,17)(H,18,19). The maximum absolute atomic E-state index is 12.2. The molecule has 0 saturated heterocycles. The average molecular weight is 261 g/mol. The van der Waals surface area contributed by atoms with E-state index in [-0.39, 0.29) is 11.9 Å². The lowest BCUT2D eigenvalue weighted by molar-refractivity contribution is -0.162. The third-order valence-electron chi connectivity index (χ3n) is 4.05. The van der Waals surface area contributed by atoms with Gasteiger partial charge >= 0.3 is 5.97 Å². The van der Waals surface area contributed by atoms with Crippen LogP contribution >= 0.6 is 0 Å². The number of carbonyl (C=O) groups excluding carboxylic acids is 1. The summed E-state index contributed by atoms with van der Waals surface area (Å²) < 4.78 is 0. The molecule has 4 heteroatoms. The van der Waals surface area contributed by atoms with E-state index < -0.39 is 11.4 Å². The monoisotopic (exact) mass is 261 g/mol. The van der Waals surface area contributed by atoms with Gasteiger partial charge in [0, 0.05) is 0 Å². The summed E-state index contributed by atoms with van der Waals surface area (Å²) in [6.07, 6.45) is 1.68. The highest BCUT2D eigenvalue weighted by molar-refractivity contribution is 6.02. The number of benzene rings is 1. The molecule has 0 bridgehead atoms. The molecule has 1 aliphatic rings. The summed E-state index contributed by atoms with van der Waals surface area (Å²) in [6, 6.07) is 7.62. The Kier molecular flexibility index (Phi) is 3.60. The Balaban J connectivity index is 2.11. The Morgan fingerprint density at radius 2 is 1.95 bits per heavy atom. The van der Waals surface area contributed by atoms with Crippen LogP contribution in [0, 0.1) is 12.3 Å². The molecule has 4 nitrogen and oxygen atoms in total. The van der Waals surface area contributed by atoms with E-state index in [4.69, 9.17) is 0 Å². The van der Waals surface area contributed by atoms with Crippen molar-refractivity contribution in [2.75, 3.05) is 0 Å². The van der Waals surface area contributed by atoms with Crippen LogP contribution in [0.2, 0.25) is 0 Å². The molecule has 1 aromatic rings. The summed E-state index contributed by atoms with van der Waals surface area (Å²) in [4.78, 5) is 23.5. The highest BCUT2D eigenvalue weighted by Gasteiger charge is 2.51. The predicted molar refractivity (Wildman–Crippen MR) is 71.7 cm³/mol. The molecule has 1 aliphatic carbocycles. The van der Waals surface area contributed by atoms with Gasteiger partial charge in [0.1, 0.15) is 5.41 Å². The summed E-state index contributed by atoms with van der Waals surface area (Å²) in [7, 11) is 0. The maximum atomic E-state index is 12.2. The molecule has 0 heterocycles. The quantitative estimate of drug-likeness (QED) is 0.818. The third-order valence-corrected chi connectivity index (χ3v) is 4.05. The van der Waals surface area contributed by atoms with Crippen LogP contribution in [0.4, 0.5) is 0 Å². The number of nitrogens with one attached hydrogen (secondary N) is 1. The fraction of sp³-hybridized carbons (Fsp3) is 0.467. The minimum absolute atomic E-state index is 0.175. The summed E-state index contributed by atoms with van der Waals surface area (Å²) >= 11 is 0. The van der Waals surface area contributed by atoms with Crippen LogP contribution in [0.5, 0.6) is 0 Å². The first-order valence-corrected chi connectivity index (χ1v) is 6.57. The van der Waals surface area contributed by atoms with Crippen LogP contribution in [0.3, 0.4) is 0 Å². The lowest BCUT2D eigenvalue weighted by Gasteiger charge is -2.36. The van der Waals surface area contributed by atoms with E-state index in [0.717, 1.165) is 17.5 Å². The molecule has 1 atom stereocenters. The molecule has 102 valence electrons. The van der Waals surface area contributed by atoms with Crippen molar-refractivity contribution in [2.24, 2.45) is 5.41 Å². The van der Waals surface area contributed by atoms with E-state index in [1.807, 2.05) is 38.1 Å². The van der Waals surface area contributed by atoms with Crippen molar-refractivity contribution in [1.29, 1.82) is 0 Å². The summed E-state index contributed by atoms with van der Waals surface area (Å²) in [5.74, 6) is -1.37. The zero-order valence-electron chi connectivity index (χ0n) is 11.3. The first-order valence-electron chi connectivity index (χ1n) is 6.57. The molecule has 1 saturated carbocycles. The molecule has 0 spiro atoms. The van der Waals surface area contributed by atoms with Gasteiger partial charge in [-0.05, 0) is 37.8 Å². The molecule has 0 aliphatic heterocycles. The van der Waals surface area contributed by atoms with Gasteiger partial charge in [-0.1, -0.05) is 30.7 Å². The van der Waals surface area contributed by atoms with Gasteiger partial charge in [-0.3, -0.25) is 9.59 Å². The molecule has 2 N–H and O–H groups in total. The van der Waals surface area contributed by atoms with Crippen LogP contribution in [0.25, 0.3) is 0 Å². The van der Waals surface area contributed by atoms with Gasteiger partial charge in [0.25, 0.3) is 0 Å². The zero-order valence-corrected chi connectivity index (χ0v) is 11.3. The fourth-order valence-electron chi connectivity index (χ4n) is 2.55. The molecule has 1 amide bonds. The number of carboxylic acids is 1. The molecule has 1 aromatic carbocycles. The zero-order chi connectivity index (χ0) is 14.0. The normalized spacial score (nSPS) is 18.2. The van der Waals surface area contributed by atoms with E-state index in [9.17, 15) is 14.7 Å². The van der Waals surface area contributed by atoms with E-state index in [1.54, 1.807) is 0 Å². The SMILES string of the molecule is Cc1ccccc1C(C)NC(=O)C1(C(=O)O)CCC1. The Bertz CT molecular complexity index is 506. The molecular formula is C15H19NO3. The number of hydrogen-bond donors (Lipinski definition) is 2. The van der Waals surface area contributed by atoms with Gasteiger partial charge in [-0.15, -0.1) is 0 Å². The van der Waals surface area contributed by atoms with E-state index in [2.05, 4.69) is 5.32 Å². The number of aryl methyl sites for hydroxylation is 1. The van der Waals surface area contributed by atoms with Gasteiger partial charge < -0.3 is 10.4 Å². The number of rotatable bonds is 4. The van der Waals surface area contributed by atoms with Gasteiger partial charge in [0.2, 0.25) is 5.91 Å². The van der Waals surface area contributed by atoms with Crippen molar-refractivity contribution in [3.63, 3.8) is 0 Å². The van der Waals surface area contributed by atoms with E-state index >= 15 is 0 Å². The number of carbonyl (C=O) groups is 2. The second-order valence-corrected chi connectivity index (χ2v) is 5.29. The number of carboxylic acid groups (broad SMARTS) is 1. The number of aliphatic carboxylic acids is 1. The number of hydrogen-bond acceptors (Lipinski definition) is 2. The predicted octanol–water partition coefficient (Wildman–Crippen LogP) is 2.43. The van der Waals surface area contributed by atoms with Crippen molar-refractivity contribution in [1.82, 2.24) is 5.32 Å². The Morgan fingerprint density at radius 3 is 2.42 bits per heavy atom. The van der Waals surface area contributed by atoms with Crippen molar-refractivity contribution >= 4 is 11.9 Å². The van der Waals surface area contributed by atoms with E-state index in [1.165, 1.54) is 0 Å². The average Bonchev–Trinajstić information content (AvgIpc) is 2.26. The highest BCUT2D eigenvalue weighted by Crippen LogP contribution is 2.41. The van der Waals surface area contributed by atoms with Crippen molar-refractivity contribution in [3.8, 4) is 0 Å². The van der Waals surface area contributed by atoms with Crippen LogP contribution in [0.1, 0.15) is 43.4 Å². The van der Waals surface area contributed by atoms with Crippen LogP contribution in [0.15, 0.2) is 24.3 Å². The Labute approximate surface area is 112 Å². The first kappa shape index (κ1) is 13.6. The lowest BCUT2D eigenvalue weighted by Crippen LogP contribution is -2.51. The topological polar surface area (TPSA) is 66.4 Å². The third kappa shape index (κ3) is 2.35.